The summed E-state index contributed by atoms with van der Waals surface area (Å²) in [5.41, 5.74) is 15.0. The van der Waals surface area contributed by atoms with Gasteiger partial charge in [-0.3, -0.25) is 4.79 Å². The van der Waals surface area contributed by atoms with Crippen molar-refractivity contribution in [3.63, 3.8) is 0 Å². The maximum absolute atomic E-state index is 11.6. The van der Waals surface area contributed by atoms with Crippen LogP contribution in [0.3, 0.4) is 0 Å². The number of nitrogens with zero attached hydrogens (tertiary/aromatic N) is 1. The molecule has 0 unspecified atom stereocenters. The second-order valence-corrected chi connectivity index (χ2v) is 4.65. The van der Waals surface area contributed by atoms with E-state index >= 15 is 0 Å². The summed E-state index contributed by atoms with van der Waals surface area (Å²) in [6, 6.07) is 9.47. The summed E-state index contributed by atoms with van der Waals surface area (Å²) < 4.78 is 0. The van der Waals surface area contributed by atoms with Crippen LogP contribution in [0.1, 0.15) is 27.2 Å². The van der Waals surface area contributed by atoms with Crippen molar-refractivity contribution >= 4 is 17.4 Å². The van der Waals surface area contributed by atoms with Gasteiger partial charge in [0, 0.05) is 17.9 Å². The van der Waals surface area contributed by atoms with Crippen molar-refractivity contribution in [2.24, 2.45) is 11.5 Å². The molecule has 0 atom stereocenters. The quantitative estimate of drug-likeness (QED) is 0.792. The fourth-order valence-corrected chi connectivity index (χ4v) is 2.19. The number of carbonyl (C=O) groups excluding carboxylic acids is 1. The molecule has 0 radical (unpaired) electrons. The van der Waals surface area contributed by atoms with Gasteiger partial charge in [-0.25, -0.2) is 4.98 Å². The predicted octanol–water partition coefficient (Wildman–Crippen LogP) is 2.00. The molecule has 1 heterocycles. The largest absolute Gasteiger partial charge is 0.365 e. The van der Waals surface area contributed by atoms with Crippen LogP contribution in [0.2, 0.25) is 0 Å². The lowest BCUT2D eigenvalue weighted by Crippen LogP contribution is -2.17. The summed E-state index contributed by atoms with van der Waals surface area (Å²) >= 11 is 0. The highest BCUT2D eigenvalue weighted by atomic mass is 16.1. The minimum Gasteiger partial charge on any atom is -0.365 e. The Hall–Kier alpha value is -2.40. The van der Waals surface area contributed by atoms with Crippen molar-refractivity contribution in [3.05, 3.63) is 52.7 Å². The highest BCUT2D eigenvalue weighted by molar-refractivity contribution is 5.99. The summed E-state index contributed by atoms with van der Waals surface area (Å²) in [4.78, 5) is 16.0. The molecule has 0 saturated carbocycles. The highest BCUT2D eigenvalue weighted by Gasteiger charge is 2.15. The number of anilines is 2. The van der Waals surface area contributed by atoms with Crippen LogP contribution in [-0.2, 0) is 6.54 Å². The number of hydrogen-bond donors (Lipinski definition) is 3. The molecule has 1 amide bonds. The van der Waals surface area contributed by atoms with Gasteiger partial charge in [0.05, 0.1) is 5.56 Å². The highest BCUT2D eigenvalue weighted by Crippen LogP contribution is 2.24. The van der Waals surface area contributed by atoms with Crippen LogP contribution in [0.5, 0.6) is 0 Å². The minimum atomic E-state index is -0.497. The number of carbonyl (C=O) groups is 1. The zero-order valence-electron chi connectivity index (χ0n) is 11.6. The Labute approximate surface area is 118 Å². The molecule has 0 aliphatic heterocycles. The van der Waals surface area contributed by atoms with E-state index in [4.69, 9.17) is 11.5 Å². The molecule has 0 fully saturated rings. The number of nitrogens with one attached hydrogen (secondary N) is 1. The maximum Gasteiger partial charge on any atom is 0.252 e. The Morgan fingerprint density at radius 3 is 2.65 bits per heavy atom. The second-order valence-electron chi connectivity index (χ2n) is 4.65. The summed E-state index contributed by atoms with van der Waals surface area (Å²) in [5, 5.41) is 3.16. The minimum absolute atomic E-state index is 0.403. The average Bonchev–Trinajstić information content (AvgIpc) is 2.38. The number of para-hydroxylation sites is 1. The molecule has 0 saturated heterocycles. The van der Waals surface area contributed by atoms with Crippen molar-refractivity contribution in [2.45, 2.75) is 20.4 Å². The Morgan fingerprint density at radius 2 is 2.00 bits per heavy atom. The first kappa shape index (κ1) is 14.0. The Bertz CT molecular complexity index is 652. The SMILES string of the molecule is Cc1cc(C)c(C(N)=O)c(Nc2ccccc2CN)n1. The van der Waals surface area contributed by atoms with Gasteiger partial charge in [-0.2, -0.15) is 0 Å². The number of pyridine rings is 1. The summed E-state index contributed by atoms with van der Waals surface area (Å²) in [6.07, 6.45) is 0. The molecule has 0 aliphatic rings. The molecule has 20 heavy (non-hydrogen) atoms. The zero-order valence-corrected chi connectivity index (χ0v) is 11.6. The van der Waals surface area contributed by atoms with E-state index in [0.717, 1.165) is 22.5 Å². The summed E-state index contributed by atoms with van der Waals surface area (Å²) in [7, 11) is 0. The number of nitrogens with two attached hydrogens (primary N) is 2. The van der Waals surface area contributed by atoms with Crippen LogP contribution in [0.15, 0.2) is 30.3 Å². The van der Waals surface area contributed by atoms with Gasteiger partial charge in [0.15, 0.2) is 0 Å². The molecule has 1 aromatic heterocycles. The zero-order chi connectivity index (χ0) is 14.7. The van der Waals surface area contributed by atoms with Crippen molar-refractivity contribution in [2.75, 3.05) is 5.32 Å². The third-order valence-corrected chi connectivity index (χ3v) is 3.08. The monoisotopic (exact) mass is 270 g/mol. The maximum atomic E-state index is 11.6. The van der Waals surface area contributed by atoms with E-state index in [2.05, 4.69) is 10.3 Å². The normalized spacial score (nSPS) is 10.3. The van der Waals surface area contributed by atoms with E-state index in [9.17, 15) is 4.79 Å². The molecule has 5 heteroatoms. The van der Waals surface area contributed by atoms with Crippen molar-refractivity contribution in [1.82, 2.24) is 4.98 Å². The first-order valence-electron chi connectivity index (χ1n) is 6.36. The summed E-state index contributed by atoms with van der Waals surface area (Å²) in [5.74, 6) is -0.0290. The Morgan fingerprint density at radius 1 is 1.30 bits per heavy atom. The Kier molecular flexibility index (Phi) is 4.00. The number of aryl methyl sites for hydroxylation is 2. The van der Waals surface area contributed by atoms with Crippen LogP contribution < -0.4 is 16.8 Å². The van der Waals surface area contributed by atoms with Gasteiger partial charge in [0.25, 0.3) is 5.91 Å². The predicted molar refractivity (Wildman–Crippen MR) is 79.8 cm³/mol. The van der Waals surface area contributed by atoms with Gasteiger partial charge in [0.1, 0.15) is 5.82 Å². The molecule has 0 aliphatic carbocycles. The number of hydrogen-bond acceptors (Lipinski definition) is 4. The Balaban J connectivity index is 2.50. The number of aromatic nitrogens is 1. The molecule has 2 rings (SSSR count). The first-order valence-corrected chi connectivity index (χ1v) is 6.36. The smallest absolute Gasteiger partial charge is 0.252 e. The van der Waals surface area contributed by atoms with Gasteiger partial charge < -0.3 is 16.8 Å². The number of amides is 1. The van der Waals surface area contributed by atoms with E-state index in [-0.39, 0.29) is 0 Å². The van der Waals surface area contributed by atoms with Crippen LogP contribution in [0.4, 0.5) is 11.5 Å². The number of benzene rings is 1. The van der Waals surface area contributed by atoms with Crippen LogP contribution >= 0.6 is 0 Å². The van der Waals surface area contributed by atoms with Crippen LogP contribution in [0.25, 0.3) is 0 Å². The molecule has 5 N–H and O–H groups in total. The van der Waals surface area contributed by atoms with E-state index in [0.29, 0.717) is 17.9 Å². The topological polar surface area (TPSA) is 94.0 Å². The lowest BCUT2D eigenvalue weighted by atomic mass is 10.1. The van der Waals surface area contributed by atoms with Gasteiger partial charge in [-0.1, -0.05) is 18.2 Å². The van der Waals surface area contributed by atoms with Gasteiger partial charge in [0.2, 0.25) is 0 Å². The molecule has 2 aromatic rings. The number of primary amides is 1. The van der Waals surface area contributed by atoms with E-state index in [1.807, 2.05) is 44.2 Å². The van der Waals surface area contributed by atoms with Crippen molar-refractivity contribution in [1.29, 1.82) is 0 Å². The van der Waals surface area contributed by atoms with E-state index in [1.165, 1.54) is 0 Å². The molecule has 5 nitrogen and oxygen atoms in total. The lowest BCUT2D eigenvalue weighted by molar-refractivity contribution is 0.100. The van der Waals surface area contributed by atoms with Crippen LogP contribution in [-0.4, -0.2) is 10.9 Å². The molecule has 0 spiro atoms. The molecular weight excluding hydrogens is 252 g/mol. The van der Waals surface area contributed by atoms with Crippen molar-refractivity contribution < 1.29 is 4.79 Å². The third-order valence-electron chi connectivity index (χ3n) is 3.08. The molecule has 1 aromatic carbocycles. The van der Waals surface area contributed by atoms with Gasteiger partial charge in [-0.15, -0.1) is 0 Å². The third kappa shape index (κ3) is 2.78. The molecular formula is C15H18N4O. The van der Waals surface area contributed by atoms with Gasteiger partial charge in [-0.05, 0) is 37.1 Å². The van der Waals surface area contributed by atoms with Crippen LogP contribution in [0, 0.1) is 13.8 Å². The fourth-order valence-electron chi connectivity index (χ4n) is 2.19. The number of rotatable bonds is 4. The van der Waals surface area contributed by atoms with Gasteiger partial charge >= 0.3 is 0 Å². The second kappa shape index (κ2) is 5.71. The standard InChI is InChI=1S/C15H18N4O/c1-9-7-10(2)18-15(13(9)14(17)20)19-12-6-4-3-5-11(12)8-16/h3-7H,8,16H2,1-2H3,(H2,17,20)(H,18,19). The van der Waals surface area contributed by atoms with E-state index in [1.54, 1.807) is 0 Å². The fraction of sp³-hybridized carbons (Fsp3) is 0.200. The average molecular weight is 270 g/mol. The summed E-state index contributed by atoms with van der Waals surface area (Å²) in [6.45, 7) is 4.12. The molecule has 0 bridgehead atoms. The lowest BCUT2D eigenvalue weighted by Gasteiger charge is -2.14. The first-order chi connectivity index (χ1) is 9.52. The van der Waals surface area contributed by atoms with E-state index < -0.39 is 5.91 Å². The van der Waals surface area contributed by atoms with Crippen molar-refractivity contribution in [3.8, 4) is 0 Å². The molecule has 104 valence electrons.